The summed E-state index contributed by atoms with van der Waals surface area (Å²) >= 11 is 3.30. The van der Waals surface area contributed by atoms with Crippen LogP contribution in [-0.4, -0.2) is 15.9 Å². The number of anilines is 1. The van der Waals surface area contributed by atoms with Gasteiger partial charge in [0.05, 0.1) is 11.4 Å². The monoisotopic (exact) mass is 341 g/mol. The second-order valence-corrected chi connectivity index (χ2v) is 5.41. The molecule has 0 spiro atoms. The molecule has 2 aromatic heterocycles. The summed E-state index contributed by atoms with van der Waals surface area (Å²) < 4.78 is 0.737. The highest BCUT2D eigenvalue weighted by molar-refractivity contribution is 9.10. The highest BCUT2D eigenvalue weighted by Crippen LogP contribution is 2.20. The number of aromatic nitrogens is 2. The molecule has 0 saturated carbocycles. The van der Waals surface area contributed by atoms with Crippen molar-refractivity contribution in [2.24, 2.45) is 0 Å². The SMILES string of the molecule is Cc1nc(Br)ccc1NC(=O)c1nccc2ccccc12. The summed E-state index contributed by atoms with van der Waals surface area (Å²) in [5.74, 6) is -0.237. The average molecular weight is 342 g/mol. The first kappa shape index (κ1) is 13.7. The maximum atomic E-state index is 12.5. The Kier molecular flexibility index (Phi) is 3.66. The van der Waals surface area contributed by atoms with Gasteiger partial charge in [-0.1, -0.05) is 24.3 Å². The summed E-state index contributed by atoms with van der Waals surface area (Å²) in [5.41, 5.74) is 1.84. The van der Waals surface area contributed by atoms with Crippen LogP contribution in [0.2, 0.25) is 0 Å². The molecule has 0 fully saturated rings. The van der Waals surface area contributed by atoms with Crippen molar-refractivity contribution in [3.8, 4) is 0 Å². The van der Waals surface area contributed by atoms with Gasteiger partial charge in [0, 0.05) is 11.6 Å². The quantitative estimate of drug-likeness (QED) is 0.718. The zero-order valence-corrected chi connectivity index (χ0v) is 12.9. The molecule has 0 saturated heterocycles. The van der Waals surface area contributed by atoms with Gasteiger partial charge >= 0.3 is 0 Å². The molecule has 0 aliphatic carbocycles. The zero-order chi connectivity index (χ0) is 14.8. The number of nitrogens with one attached hydrogen (secondary N) is 1. The Hall–Kier alpha value is -2.27. The highest BCUT2D eigenvalue weighted by Gasteiger charge is 2.13. The van der Waals surface area contributed by atoms with Crippen LogP contribution >= 0.6 is 15.9 Å². The minimum atomic E-state index is -0.237. The van der Waals surface area contributed by atoms with Crippen LogP contribution in [0.3, 0.4) is 0 Å². The van der Waals surface area contributed by atoms with Crippen molar-refractivity contribution in [3.05, 3.63) is 64.7 Å². The topological polar surface area (TPSA) is 54.9 Å². The van der Waals surface area contributed by atoms with Gasteiger partial charge in [-0.15, -0.1) is 0 Å². The van der Waals surface area contributed by atoms with Crippen molar-refractivity contribution in [3.63, 3.8) is 0 Å². The Morgan fingerprint density at radius 2 is 1.95 bits per heavy atom. The third-order valence-corrected chi connectivity index (χ3v) is 3.63. The van der Waals surface area contributed by atoms with Crippen LogP contribution in [0.1, 0.15) is 16.2 Å². The molecule has 104 valence electrons. The van der Waals surface area contributed by atoms with Crippen molar-refractivity contribution in [1.82, 2.24) is 9.97 Å². The molecule has 21 heavy (non-hydrogen) atoms. The molecule has 0 bridgehead atoms. The van der Waals surface area contributed by atoms with Gasteiger partial charge in [0.15, 0.2) is 0 Å². The Balaban J connectivity index is 1.97. The van der Waals surface area contributed by atoms with Crippen LogP contribution in [-0.2, 0) is 0 Å². The first-order valence-corrected chi connectivity index (χ1v) is 7.23. The predicted octanol–water partition coefficient (Wildman–Crippen LogP) is 3.95. The third kappa shape index (κ3) is 2.78. The molecule has 1 aromatic carbocycles. The van der Waals surface area contributed by atoms with Gasteiger partial charge < -0.3 is 5.32 Å². The van der Waals surface area contributed by atoms with Crippen molar-refractivity contribution in [1.29, 1.82) is 0 Å². The number of nitrogens with zero attached hydrogens (tertiary/aromatic N) is 2. The lowest BCUT2D eigenvalue weighted by atomic mass is 10.1. The molecule has 5 heteroatoms. The second kappa shape index (κ2) is 5.61. The number of carbonyl (C=O) groups is 1. The average Bonchev–Trinajstić information content (AvgIpc) is 2.49. The van der Waals surface area contributed by atoms with Crippen LogP contribution in [0.15, 0.2) is 53.3 Å². The van der Waals surface area contributed by atoms with Crippen LogP contribution in [0, 0.1) is 6.92 Å². The number of rotatable bonds is 2. The van der Waals surface area contributed by atoms with Crippen molar-refractivity contribution < 1.29 is 4.79 Å². The Bertz CT molecular complexity index is 827. The van der Waals surface area contributed by atoms with Gasteiger partial charge in [-0.3, -0.25) is 9.78 Å². The number of fused-ring (bicyclic) bond motifs is 1. The standard InChI is InChI=1S/C16H12BrN3O/c1-10-13(6-7-14(17)19-10)20-16(21)15-12-5-3-2-4-11(12)8-9-18-15/h2-9H,1H3,(H,20,21). The van der Waals surface area contributed by atoms with E-state index in [0.717, 1.165) is 21.1 Å². The number of amides is 1. The lowest BCUT2D eigenvalue weighted by Gasteiger charge is -2.09. The van der Waals surface area contributed by atoms with Gasteiger partial charge in [0.1, 0.15) is 10.3 Å². The number of benzene rings is 1. The number of halogens is 1. The zero-order valence-electron chi connectivity index (χ0n) is 11.3. The molecule has 2 heterocycles. The molecule has 0 radical (unpaired) electrons. The number of carbonyl (C=O) groups excluding carboxylic acids is 1. The summed E-state index contributed by atoms with van der Waals surface area (Å²) in [5, 5.41) is 4.68. The summed E-state index contributed by atoms with van der Waals surface area (Å²) in [6.07, 6.45) is 1.64. The molecular formula is C16H12BrN3O. The second-order valence-electron chi connectivity index (χ2n) is 4.60. The largest absolute Gasteiger partial charge is 0.319 e. The van der Waals surface area contributed by atoms with E-state index in [1.54, 1.807) is 12.3 Å². The molecule has 3 rings (SSSR count). The van der Waals surface area contributed by atoms with Crippen LogP contribution in [0.4, 0.5) is 5.69 Å². The maximum Gasteiger partial charge on any atom is 0.274 e. The van der Waals surface area contributed by atoms with Crippen molar-refractivity contribution in [2.75, 3.05) is 5.32 Å². The minimum Gasteiger partial charge on any atom is -0.319 e. The Labute approximate surface area is 130 Å². The first-order valence-electron chi connectivity index (χ1n) is 6.43. The number of hydrogen-bond acceptors (Lipinski definition) is 3. The molecule has 0 unspecified atom stereocenters. The van der Waals surface area contributed by atoms with E-state index >= 15 is 0 Å². The van der Waals surface area contributed by atoms with Gasteiger partial charge in [0.2, 0.25) is 0 Å². The van der Waals surface area contributed by atoms with Gasteiger partial charge in [-0.25, -0.2) is 4.98 Å². The number of aryl methyl sites for hydroxylation is 1. The van der Waals surface area contributed by atoms with E-state index in [9.17, 15) is 4.79 Å². The van der Waals surface area contributed by atoms with Crippen LogP contribution in [0.25, 0.3) is 10.8 Å². The molecule has 0 aliphatic heterocycles. The number of pyridine rings is 2. The summed E-state index contributed by atoms with van der Waals surface area (Å²) in [4.78, 5) is 20.9. The lowest BCUT2D eigenvalue weighted by Crippen LogP contribution is -2.15. The molecule has 3 aromatic rings. The molecule has 0 aliphatic rings. The normalized spacial score (nSPS) is 10.6. The van der Waals surface area contributed by atoms with E-state index in [1.165, 1.54) is 0 Å². The van der Waals surface area contributed by atoms with E-state index in [-0.39, 0.29) is 5.91 Å². The minimum absolute atomic E-state index is 0.237. The van der Waals surface area contributed by atoms with E-state index in [0.29, 0.717) is 11.4 Å². The summed E-state index contributed by atoms with van der Waals surface area (Å²) in [7, 11) is 0. The van der Waals surface area contributed by atoms with E-state index < -0.39 is 0 Å². The fraction of sp³-hybridized carbons (Fsp3) is 0.0625. The molecule has 1 N–H and O–H groups in total. The summed E-state index contributed by atoms with van der Waals surface area (Å²) in [6.45, 7) is 1.84. The van der Waals surface area contributed by atoms with Gasteiger partial charge in [-0.2, -0.15) is 0 Å². The lowest BCUT2D eigenvalue weighted by molar-refractivity contribution is 0.102. The molecule has 4 nitrogen and oxygen atoms in total. The Morgan fingerprint density at radius 1 is 1.14 bits per heavy atom. The fourth-order valence-corrected chi connectivity index (χ4v) is 2.54. The Morgan fingerprint density at radius 3 is 2.76 bits per heavy atom. The highest BCUT2D eigenvalue weighted by atomic mass is 79.9. The molecule has 0 atom stereocenters. The van der Waals surface area contributed by atoms with E-state index in [2.05, 4.69) is 31.2 Å². The van der Waals surface area contributed by atoms with Crippen LogP contribution < -0.4 is 5.32 Å². The summed E-state index contributed by atoms with van der Waals surface area (Å²) in [6, 6.07) is 13.2. The van der Waals surface area contributed by atoms with Crippen molar-refractivity contribution in [2.45, 2.75) is 6.92 Å². The van der Waals surface area contributed by atoms with Crippen molar-refractivity contribution >= 4 is 38.3 Å². The van der Waals surface area contributed by atoms with Gasteiger partial charge in [-0.05, 0) is 46.4 Å². The predicted molar refractivity (Wildman–Crippen MR) is 86.4 cm³/mol. The first-order chi connectivity index (χ1) is 10.1. The van der Waals surface area contributed by atoms with E-state index in [1.807, 2.05) is 43.3 Å². The van der Waals surface area contributed by atoms with Gasteiger partial charge in [0.25, 0.3) is 5.91 Å². The smallest absolute Gasteiger partial charge is 0.274 e. The maximum absolute atomic E-state index is 12.5. The number of hydrogen-bond donors (Lipinski definition) is 1. The van der Waals surface area contributed by atoms with Crippen LogP contribution in [0.5, 0.6) is 0 Å². The van der Waals surface area contributed by atoms with E-state index in [4.69, 9.17) is 0 Å². The third-order valence-electron chi connectivity index (χ3n) is 3.19. The molecule has 1 amide bonds. The molecular weight excluding hydrogens is 330 g/mol. The fourth-order valence-electron chi connectivity index (χ4n) is 2.14.